The molecule has 0 saturated heterocycles. The van der Waals surface area contributed by atoms with E-state index in [0.29, 0.717) is 23.3 Å². The average molecular weight is 439 g/mol. The van der Waals surface area contributed by atoms with Gasteiger partial charge in [-0.2, -0.15) is 26.3 Å². The van der Waals surface area contributed by atoms with E-state index in [0.717, 1.165) is 6.07 Å². The molecule has 0 saturated carbocycles. The first-order valence-electron chi connectivity index (χ1n) is 8.74. The van der Waals surface area contributed by atoms with Crippen LogP contribution >= 0.6 is 0 Å². The van der Waals surface area contributed by atoms with Crippen molar-refractivity contribution in [3.63, 3.8) is 0 Å². The minimum absolute atomic E-state index is 0.0194. The molecule has 0 radical (unpaired) electrons. The number of alkyl halides is 6. The second-order valence-corrected chi connectivity index (χ2v) is 7.20. The van der Waals surface area contributed by atoms with Crippen LogP contribution in [0.25, 0.3) is 0 Å². The number of rotatable bonds is 6. The van der Waals surface area contributed by atoms with Crippen LogP contribution in [0.1, 0.15) is 41.2 Å². The first-order valence-corrected chi connectivity index (χ1v) is 8.74. The quantitative estimate of drug-likeness (QED) is 0.476. The molecule has 2 atom stereocenters. The van der Waals surface area contributed by atoms with Crippen LogP contribution in [0.15, 0.2) is 36.4 Å². The van der Waals surface area contributed by atoms with Crippen LogP contribution in [-0.2, 0) is 29.3 Å². The fourth-order valence-electron chi connectivity index (χ4n) is 3.10. The normalized spacial score (nSPS) is 15.7. The van der Waals surface area contributed by atoms with Crippen molar-refractivity contribution < 1.29 is 40.6 Å². The molecule has 2 aromatic rings. The zero-order chi connectivity index (χ0) is 22.9. The highest BCUT2D eigenvalue weighted by Crippen LogP contribution is 2.36. The molecular formula is C20H20F7NO2. The van der Waals surface area contributed by atoms with E-state index in [9.17, 15) is 35.8 Å². The van der Waals surface area contributed by atoms with Crippen molar-refractivity contribution in [3.8, 4) is 0 Å². The summed E-state index contributed by atoms with van der Waals surface area (Å²) >= 11 is 0. The molecule has 30 heavy (non-hydrogen) atoms. The molecule has 0 spiro atoms. The number of ether oxygens (including phenoxy) is 1. The van der Waals surface area contributed by atoms with Gasteiger partial charge in [-0.3, -0.25) is 0 Å². The second-order valence-electron chi connectivity index (χ2n) is 7.20. The van der Waals surface area contributed by atoms with Crippen LogP contribution in [-0.4, -0.2) is 11.3 Å². The molecule has 0 aliphatic carbocycles. The maximum atomic E-state index is 13.2. The third-order valence-electron chi connectivity index (χ3n) is 4.48. The molecule has 3 N–H and O–H groups in total. The minimum atomic E-state index is -4.97. The summed E-state index contributed by atoms with van der Waals surface area (Å²) in [7, 11) is 0. The van der Waals surface area contributed by atoms with Crippen LogP contribution in [0.5, 0.6) is 0 Å². The summed E-state index contributed by atoms with van der Waals surface area (Å²) in [4.78, 5) is 0. The highest BCUT2D eigenvalue weighted by molar-refractivity contribution is 5.33. The Labute approximate surface area is 168 Å². The molecule has 0 aliphatic rings. The van der Waals surface area contributed by atoms with Crippen LogP contribution in [0.4, 0.5) is 30.7 Å². The van der Waals surface area contributed by atoms with E-state index < -0.39 is 47.7 Å². The number of hydrogen-bond donors (Lipinski definition) is 2. The molecule has 2 aromatic carbocycles. The Bertz CT molecular complexity index is 859. The third kappa shape index (κ3) is 6.16. The highest BCUT2D eigenvalue weighted by atomic mass is 19.4. The van der Waals surface area contributed by atoms with E-state index in [1.54, 1.807) is 6.92 Å². The lowest BCUT2D eigenvalue weighted by molar-refractivity contribution is -0.143. The van der Waals surface area contributed by atoms with E-state index in [1.165, 1.54) is 19.1 Å². The van der Waals surface area contributed by atoms with Crippen molar-refractivity contribution in [3.05, 3.63) is 70.0 Å². The zero-order valence-corrected chi connectivity index (χ0v) is 16.0. The molecule has 166 valence electrons. The van der Waals surface area contributed by atoms with E-state index in [1.807, 2.05) is 0 Å². The van der Waals surface area contributed by atoms with Crippen molar-refractivity contribution >= 4 is 0 Å². The predicted molar refractivity (Wildman–Crippen MR) is 94.5 cm³/mol. The molecule has 0 amide bonds. The molecule has 0 heterocycles. The Morgan fingerprint density at radius 2 is 1.50 bits per heavy atom. The number of nitrogens with two attached hydrogens (primary N) is 1. The molecule has 0 aromatic heterocycles. The van der Waals surface area contributed by atoms with Gasteiger partial charge in [0.15, 0.2) is 0 Å². The fourth-order valence-corrected chi connectivity index (χ4v) is 3.10. The maximum absolute atomic E-state index is 13.2. The smallest absolute Gasteiger partial charge is 0.385 e. The number of hydrogen-bond acceptors (Lipinski definition) is 3. The van der Waals surface area contributed by atoms with E-state index in [-0.39, 0.29) is 18.1 Å². The standard InChI is InChI=1S/C20H20F7NO2/c1-11-5-15(21)3-4-16(11)18(2,29)9-17(28)30-10-12-6-13(19(22,23)24)8-14(7-12)20(25,26)27/h3-8,17,29H,9-10,28H2,1-2H3. The molecule has 3 nitrogen and oxygen atoms in total. The Morgan fingerprint density at radius 1 is 0.967 bits per heavy atom. The first-order chi connectivity index (χ1) is 13.6. The summed E-state index contributed by atoms with van der Waals surface area (Å²) in [5.41, 5.74) is 1.72. The molecule has 0 bridgehead atoms. The minimum Gasteiger partial charge on any atom is -0.385 e. The second kappa shape index (κ2) is 8.52. The number of benzene rings is 2. The van der Waals surface area contributed by atoms with Crippen molar-refractivity contribution in [1.82, 2.24) is 0 Å². The molecule has 2 rings (SSSR count). The molecule has 10 heteroatoms. The van der Waals surface area contributed by atoms with Gasteiger partial charge in [-0.05, 0) is 60.9 Å². The summed E-state index contributed by atoms with van der Waals surface area (Å²) in [6.07, 6.45) is -11.4. The topological polar surface area (TPSA) is 55.5 Å². The van der Waals surface area contributed by atoms with Gasteiger partial charge in [0.05, 0.1) is 23.3 Å². The highest BCUT2D eigenvalue weighted by Gasteiger charge is 2.37. The van der Waals surface area contributed by atoms with Crippen LogP contribution in [0.2, 0.25) is 0 Å². The summed E-state index contributed by atoms with van der Waals surface area (Å²) in [5, 5.41) is 10.6. The van der Waals surface area contributed by atoms with Gasteiger partial charge in [0.25, 0.3) is 0 Å². The zero-order valence-electron chi connectivity index (χ0n) is 16.0. The largest absolute Gasteiger partial charge is 0.416 e. The molecule has 2 unspecified atom stereocenters. The summed E-state index contributed by atoms with van der Waals surface area (Å²) < 4.78 is 96.0. The number of aliphatic hydroxyl groups is 1. The van der Waals surface area contributed by atoms with E-state index in [4.69, 9.17) is 10.5 Å². The Balaban J connectivity index is 2.16. The van der Waals surface area contributed by atoms with Crippen molar-refractivity contribution in [2.24, 2.45) is 5.73 Å². The van der Waals surface area contributed by atoms with E-state index >= 15 is 0 Å². The van der Waals surface area contributed by atoms with Gasteiger partial charge in [-0.25, -0.2) is 4.39 Å². The summed E-state index contributed by atoms with van der Waals surface area (Å²) in [5.74, 6) is -0.502. The van der Waals surface area contributed by atoms with Crippen LogP contribution < -0.4 is 5.73 Å². The van der Waals surface area contributed by atoms with Crippen molar-refractivity contribution in [2.45, 2.75) is 51.1 Å². The van der Waals surface area contributed by atoms with Crippen LogP contribution in [0.3, 0.4) is 0 Å². The summed E-state index contributed by atoms with van der Waals surface area (Å²) in [6.45, 7) is 2.33. The monoisotopic (exact) mass is 439 g/mol. The molecular weight excluding hydrogens is 419 g/mol. The lowest BCUT2D eigenvalue weighted by Gasteiger charge is -2.28. The predicted octanol–water partition coefficient (Wildman–Crippen LogP) is 5.27. The van der Waals surface area contributed by atoms with Gasteiger partial charge >= 0.3 is 12.4 Å². The fraction of sp³-hybridized carbons (Fsp3) is 0.400. The summed E-state index contributed by atoms with van der Waals surface area (Å²) in [6, 6.07) is 4.82. The van der Waals surface area contributed by atoms with Gasteiger partial charge in [0.2, 0.25) is 0 Å². The maximum Gasteiger partial charge on any atom is 0.416 e. The Hall–Kier alpha value is -2.17. The lowest BCUT2D eigenvalue weighted by atomic mass is 9.88. The Kier molecular flexibility index (Phi) is 6.85. The van der Waals surface area contributed by atoms with Crippen molar-refractivity contribution in [1.29, 1.82) is 0 Å². The SMILES string of the molecule is Cc1cc(F)ccc1C(C)(O)CC(N)OCc1cc(C(F)(F)F)cc(C(F)(F)F)c1. The first kappa shape index (κ1) is 24.1. The lowest BCUT2D eigenvalue weighted by Crippen LogP contribution is -2.35. The number of halogens is 7. The average Bonchev–Trinajstić information content (AvgIpc) is 2.57. The number of aryl methyl sites for hydroxylation is 1. The van der Waals surface area contributed by atoms with Gasteiger partial charge in [0, 0.05) is 6.42 Å². The van der Waals surface area contributed by atoms with Gasteiger partial charge < -0.3 is 15.6 Å². The van der Waals surface area contributed by atoms with Gasteiger partial charge in [0.1, 0.15) is 12.0 Å². The Morgan fingerprint density at radius 3 is 1.97 bits per heavy atom. The van der Waals surface area contributed by atoms with Crippen molar-refractivity contribution in [2.75, 3.05) is 0 Å². The van der Waals surface area contributed by atoms with E-state index in [2.05, 4.69) is 0 Å². The van der Waals surface area contributed by atoms with Gasteiger partial charge in [-0.1, -0.05) is 6.07 Å². The molecule has 0 aliphatic heterocycles. The molecule has 0 fully saturated rings. The third-order valence-corrected chi connectivity index (χ3v) is 4.48. The van der Waals surface area contributed by atoms with Crippen LogP contribution in [0, 0.1) is 12.7 Å². The van der Waals surface area contributed by atoms with Gasteiger partial charge in [-0.15, -0.1) is 0 Å².